The molecule has 0 fully saturated rings. The quantitative estimate of drug-likeness (QED) is 0.0328. The van der Waals surface area contributed by atoms with Gasteiger partial charge in [0.1, 0.15) is 19.3 Å². The zero-order chi connectivity index (χ0) is 45.9. The van der Waals surface area contributed by atoms with Crippen molar-refractivity contribution in [2.45, 2.75) is 252 Å². The molecule has 0 aliphatic carbocycles. The first-order valence-corrected chi connectivity index (χ1v) is 25.5. The highest BCUT2D eigenvalue weighted by molar-refractivity contribution is 5.72. The Morgan fingerprint density at radius 2 is 0.694 bits per heavy atom. The highest BCUT2D eigenvalue weighted by atomic mass is 16.6. The lowest BCUT2D eigenvalue weighted by atomic mass is 9.96. The van der Waals surface area contributed by atoms with Crippen molar-refractivity contribution in [3.8, 4) is 0 Å². The molecule has 11 nitrogen and oxygen atoms in total. The molecule has 0 radical (unpaired) electrons. The lowest BCUT2D eigenvalue weighted by Crippen LogP contribution is -2.31. The third-order valence-corrected chi connectivity index (χ3v) is 11.4. The van der Waals surface area contributed by atoms with E-state index in [0.29, 0.717) is 64.0 Å². The van der Waals surface area contributed by atoms with Gasteiger partial charge in [0.05, 0.1) is 6.61 Å². The second-order valence-corrected chi connectivity index (χ2v) is 17.9. The van der Waals surface area contributed by atoms with Gasteiger partial charge in [-0.15, -0.1) is 0 Å². The molecule has 0 aromatic rings. The number of unbranched alkanes of at least 4 members (excludes halogenated alkanes) is 17. The fraction of sp³-hybridized carbons (Fsp3) is 0.902. The molecule has 0 saturated carbocycles. The maximum atomic E-state index is 12.8. The number of rotatable bonds is 45. The first-order valence-electron chi connectivity index (χ1n) is 25.5. The maximum absolute atomic E-state index is 12.8. The van der Waals surface area contributed by atoms with Crippen LogP contribution in [0.4, 0.5) is 0 Å². The third kappa shape index (κ3) is 40.1. The Hall–Kier alpha value is -2.69. The van der Waals surface area contributed by atoms with E-state index in [-0.39, 0.29) is 56.9 Å². The summed E-state index contributed by atoms with van der Waals surface area (Å²) in [6, 6.07) is 0. The topological polar surface area (TPSA) is 135 Å². The minimum absolute atomic E-state index is 0.0416. The number of hydrogen-bond acceptors (Lipinski definition) is 11. The van der Waals surface area contributed by atoms with Crippen LogP contribution < -0.4 is 0 Å². The summed E-state index contributed by atoms with van der Waals surface area (Å²) in [6.45, 7) is 9.59. The molecule has 0 aromatic carbocycles. The molecule has 0 heterocycles. The largest absolute Gasteiger partial charge is 0.465 e. The summed E-state index contributed by atoms with van der Waals surface area (Å²) >= 11 is 0. The van der Waals surface area contributed by atoms with E-state index in [1.54, 1.807) is 0 Å². The number of esters is 5. The Kier molecular flexibility index (Phi) is 41.7. The van der Waals surface area contributed by atoms with Crippen LogP contribution in [-0.2, 0) is 47.7 Å². The van der Waals surface area contributed by atoms with E-state index < -0.39 is 24.0 Å². The molecule has 0 N–H and O–H groups in total. The van der Waals surface area contributed by atoms with Crippen molar-refractivity contribution in [1.82, 2.24) is 4.90 Å². The molecule has 0 saturated heterocycles. The van der Waals surface area contributed by atoms with Gasteiger partial charge in [0.2, 0.25) is 0 Å². The van der Waals surface area contributed by atoms with Crippen LogP contribution in [0.15, 0.2) is 0 Å². The molecular weight excluding hydrogens is 787 g/mol. The summed E-state index contributed by atoms with van der Waals surface area (Å²) in [5.74, 6) is -1.33. The molecule has 0 aliphatic rings. The summed E-state index contributed by atoms with van der Waals surface area (Å²) in [7, 11) is 3.85. The van der Waals surface area contributed by atoms with E-state index in [9.17, 15) is 24.0 Å². The molecule has 2 unspecified atom stereocenters. The van der Waals surface area contributed by atoms with E-state index in [4.69, 9.17) is 23.7 Å². The molecule has 62 heavy (non-hydrogen) atoms. The second kappa shape index (κ2) is 43.6. The van der Waals surface area contributed by atoms with Crippen LogP contribution in [0.1, 0.15) is 240 Å². The van der Waals surface area contributed by atoms with Crippen LogP contribution in [0.2, 0.25) is 0 Å². The zero-order valence-corrected chi connectivity index (χ0v) is 40.9. The minimum atomic E-state index is -0.928. The SMILES string of the molecule is CCCCCCCCC(CCCCCCCC)OC(=O)CCCCC(=O)OCC(COC(=O)CCCCCC(=O)OCC(CCCC)CCCCCC)OC(=O)CCCN(C)C. The normalized spacial score (nSPS) is 12.3. The lowest BCUT2D eigenvalue weighted by Gasteiger charge is -2.19. The van der Waals surface area contributed by atoms with Crippen LogP contribution in [0, 0.1) is 5.92 Å². The molecule has 2 atom stereocenters. The predicted octanol–water partition coefficient (Wildman–Crippen LogP) is 12.6. The van der Waals surface area contributed by atoms with Crippen molar-refractivity contribution in [2.24, 2.45) is 5.92 Å². The van der Waals surface area contributed by atoms with Crippen molar-refractivity contribution in [2.75, 3.05) is 40.5 Å². The number of nitrogens with zero attached hydrogens (tertiary/aromatic N) is 1. The highest BCUT2D eigenvalue weighted by Crippen LogP contribution is 2.20. The minimum Gasteiger partial charge on any atom is -0.465 e. The zero-order valence-electron chi connectivity index (χ0n) is 40.9. The molecule has 0 aliphatic heterocycles. The average molecular weight is 882 g/mol. The molecular formula is C51H95NO10. The van der Waals surface area contributed by atoms with E-state index in [2.05, 4.69) is 27.7 Å². The Morgan fingerprint density at radius 3 is 1.18 bits per heavy atom. The van der Waals surface area contributed by atoms with Crippen LogP contribution >= 0.6 is 0 Å². The van der Waals surface area contributed by atoms with Crippen molar-refractivity contribution < 1.29 is 47.7 Å². The van der Waals surface area contributed by atoms with Gasteiger partial charge < -0.3 is 28.6 Å². The van der Waals surface area contributed by atoms with Gasteiger partial charge in [-0.25, -0.2) is 0 Å². The van der Waals surface area contributed by atoms with Crippen LogP contribution in [0.3, 0.4) is 0 Å². The van der Waals surface area contributed by atoms with E-state index in [1.807, 2.05) is 19.0 Å². The van der Waals surface area contributed by atoms with E-state index >= 15 is 0 Å². The second-order valence-electron chi connectivity index (χ2n) is 17.9. The van der Waals surface area contributed by atoms with Crippen molar-refractivity contribution in [3.63, 3.8) is 0 Å². The van der Waals surface area contributed by atoms with Crippen LogP contribution in [-0.4, -0.2) is 87.4 Å². The first kappa shape index (κ1) is 59.3. The number of carbonyl (C=O) groups is 5. The van der Waals surface area contributed by atoms with E-state index in [1.165, 1.54) is 89.9 Å². The van der Waals surface area contributed by atoms with E-state index in [0.717, 1.165) is 51.4 Å². The van der Waals surface area contributed by atoms with Gasteiger partial charge in [0.25, 0.3) is 0 Å². The predicted molar refractivity (Wildman–Crippen MR) is 250 cm³/mol. The average Bonchev–Trinajstić information content (AvgIpc) is 3.24. The fourth-order valence-electron chi connectivity index (χ4n) is 7.43. The molecule has 0 aromatic heterocycles. The molecule has 11 heteroatoms. The molecule has 0 amide bonds. The van der Waals surface area contributed by atoms with Crippen molar-refractivity contribution >= 4 is 29.8 Å². The first-order chi connectivity index (χ1) is 30.0. The summed E-state index contributed by atoms with van der Waals surface area (Å²) in [5.41, 5.74) is 0. The van der Waals surface area contributed by atoms with Crippen molar-refractivity contribution in [3.05, 3.63) is 0 Å². The van der Waals surface area contributed by atoms with Gasteiger partial charge in [-0.1, -0.05) is 137 Å². The maximum Gasteiger partial charge on any atom is 0.306 e. The Bertz CT molecular complexity index is 1080. The van der Waals surface area contributed by atoms with Gasteiger partial charge in [-0.3, -0.25) is 24.0 Å². The molecule has 364 valence electrons. The smallest absolute Gasteiger partial charge is 0.306 e. The number of carbonyl (C=O) groups excluding carboxylic acids is 5. The van der Waals surface area contributed by atoms with Gasteiger partial charge in [-0.2, -0.15) is 0 Å². The van der Waals surface area contributed by atoms with Gasteiger partial charge in [0, 0.05) is 32.1 Å². The summed E-state index contributed by atoms with van der Waals surface area (Å²) < 4.78 is 28.0. The Labute approximate surface area is 379 Å². The molecule has 0 bridgehead atoms. The summed E-state index contributed by atoms with van der Waals surface area (Å²) in [4.78, 5) is 65.0. The fourth-order valence-corrected chi connectivity index (χ4v) is 7.43. The van der Waals surface area contributed by atoms with Gasteiger partial charge in [-0.05, 0) is 97.2 Å². The van der Waals surface area contributed by atoms with Gasteiger partial charge in [0.15, 0.2) is 6.10 Å². The number of ether oxygens (including phenoxy) is 5. The third-order valence-electron chi connectivity index (χ3n) is 11.4. The van der Waals surface area contributed by atoms with Crippen LogP contribution in [0.5, 0.6) is 0 Å². The van der Waals surface area contributed by atoms with Gasteiger partial charge >= 0.3 is 29.8 Å². The molecule has 0 spiro atoms. The monoisotopic (exact) mass is 882 g/mol. The summed E-state index contributed by atoms with van der Waals surface area (Å²) in [5, 5.41) is 0. The Morgan fingerprint density at radius 1 is 0.355 bits per heavy atom. The molecule has 0 rings (SSSR count). The standard InChI is InChI=1S/C51H95NO10/c1-7-11-15-18-20-24-33-45(34-25-21-19-16-12-8-2)61-50(56)38-29-28-37-49(55)60-43-46(62-51(57)39-30-40-52(5)6)42-59-48(54)36-27-22-26-35-47(53)58-41-44(31-14-10-4)32-23-17-13-9-3/h44-46H,7-43H2,1-6H3. The summed E-state index contributed by atoms with van der Waals surface area (Å²) in [6.07, 6.45) is 29.2. The number of hydrogen-bond donors (Lipinski definition) is 0. The lowest BCUT2D eigenvalue weighted by molar-refractivity contribution is -0.167. The van der Waals surface area contributed by atoms with Crippen molar-refractivity contribution in [1.29, 1.82) is 0 Å². The van der Waals surface area contributed by atoms with Crippen LogP contribution in [0.25, 0.3) is 0 Å². The highest BCUT2D eigenvalue weighted by Gasteiger charge is 2.20. The Balaban J connectivity index is 4.73.